The van der Waals surface area contributed by atoms with Gasteiger partial charge in [0.05, 0.1) is 12.3 Å². The number of ether oxygens (including phenoxy) is 1. The SMILES string of the molecule is COCCNC(=O)c1ccc(F)c(N)c1. The third-order valence-electron chi connectivity index (χ3n) is 1.85. The average Bonchev–Trinajstić information content (AvgIpc) is 2.22. The Balaban J connectivity index is 2.62. The molecule has 4 nitrogen and oxygen atoms in total. The van der Waals surface area contributed by atoms with Crippen LogP contribution >= 0.6 is 0 Å². The summed E-state index contributed by atoms with van der Waals surface area (Å²) in [7, 11) is 1.54. The maximum Gasteiger partial charge on any atom is 0.251 e. The zero-order chi connectivity index (χ0) is 11.3. The summed E-state index contributed by atoms with van der Waals surface area (Å²) in [6.45, 7) is 0.842. The second-order valence-electron chi connectivity index (χ2n) is 2.98. The molecule has 1 rings (SSSR count). The molecular formula is C10H13FN2O2. The third kappa shape index (κ3) is 3.21. The van der Waals surface area contributed by atoms with Crippen LogP contribution in [0.2, 0.25) is 0 Å². The molecule has 0 aliphatic heterocycles. The van der Waals surface area contributed by atoms with Gasteiger partial charge in [-0.3, -0.25) is 4.79 Å². The van der Waals surface area contributed by atoms with Crippen molar-refractivity contribution in [2.24, 2.45) is 0 Å². The number of carbonyl (C=O) groups is 1. The molecule has 0 aromatic heterocycles. The summed E-state index contributed by atoms with van der Waals surface area (Å²) in [6, 6.07) is 3.85. The number of nitrogens with one attached hydrogen (secondary N) is 1. The second-order valence-corrected chi connectivity index (χ2v) is 2.98. The van der Waals surface area contributed by atoms with Crippen LogP contribution < -0.4 is 11.1 Å². The maximum atomic E-state index is 12.8. The molecule has 1 amide bonds. The zero-order valence-electron chi connectivity index (χ0n) is 8.42. The number of amides is 1. The smallest absolute Gasteiger partial charge is 0.251 e. The van der Waals surface area contributed by atoms with Crippen molar-refractivity contribution in [2.75, 3.05) is 26.0 Å². The van der Waals surface area contributed by atoms with Crippen LogP contribution in [0.15, 0.2) is 18.2 Å². The van der Waals surface area contributed by atoms with Gasteiger partial charge in [-0.15, -0.1) is 0 Å². The summed E-state index contributed by atoms with van der Waals surface area (Å²) in [4.78, 5) is 11.4. The quantitative estimate of drug-likeness (QED) is 0.572. The van der Waals surface area contributed by atoms with Gasteiger partial charge >= 0.3 is 0 Å². The number of hydrogen-bond donors (Lipinski definition) is 2. The molecule has 3 N–H and O–H groups in total. The van der Waals surface area contributed by atoms with Crippen molar-refractivity contribution < 1.29 is 13.9 Å². The Labute approximate surface area is 87.2 Å². The van der Waals surface area contributed by atoms with E-state index in [1.807, 2.05) is 0 Å². The fraction of sp³-hybridized carbons (Fsp3) is 0.300. The van der Waals surface area contributed by atoms with Crippen molar-refractivity contribution in [1.82, 2.24) is 5.32 Å². The van der Waals surface area contributed by atoms with Crippen molar-refractivity contribution in [3.63, 3.8) is 0 Å². The number of nitrogen functional groups attached to an aromatic ring is 1. The van der Waals surface area contributed by atoms with Crippen LogP contribution in [0.25, 0.3) is 0 Å². The molecule has 5 heteroatoms. The van der Waals surface area contributed by atoms with Crippen LogP contribution in [0.4, 0.5) is 10.1 Å². The summed E-state index contributed by atoms with van der Waals surface area (Å²) in [5.41, 5.74) is 5.64. The van der Waals surface area contributed by atoms with E-state index in [0.717, 1.165) is 0 Å². The highest BCUT2D eigenvalue weighted by atomic mass is 19.1. The number of hydrogen-bond acceptors (Lipinski definition) is 3. The molecule has 0 fully saturated rings. The van der Waals surface area contributed by atoms with E-state index in [-0.39, 0.29) is 11.6 Å². The third-order valence-corrected chi connectivity index (χ3v) is 1.85. The number of anilines is 1. The Morgan fingerprint density at radius 3 is 2.93 bits per heavy atom. The number of halogens is 1. The van der Waals surface area contributed by atoms with Crippen LogP contribution in [-0.4, -0.2) is 26.2 Å². The standard InChI is InChI=1S/C10H13FN2O2/c1-15-5-4-13-10(14)7-2-3-8(11)9(12)6-7/h2-3,6H,4-5,12H2,1H3,(H,13,14). The van der Waals surface area contributed by atoms with E-state index in [4.69, 9.17) is 10.5 Å². The molecule has 0 atom stereocenters. The number of carbonyl (C=O) groups excluding carboxylic acids is 1. The van der Waals surface area contributed by atoms with E-state index in [1.165, 1.54) is 18.2 Å². The number of nitrogens with two attached hydrogens (primary N) is 1. The van der Waals surface area contributed by atoms with Crippen LogP contribution in [0, 0.1) is 5.82 Å². The topological polar surface area (TPSA) is 64.3 Å². The molecule has 0 radical (unpaired) electrons. The van der Waals surface area contributed by atoms with Crippen LogP contribution in [-0.2, 0) is 4.74 Å². The molecule has 82 valence electrons. The largest absolute Gasteiger partial charge is 0.396 e. The minimum Gasteiger partial charge on any atom is -0.396 e. The zero-order valence-corrected chi connectivity index (χ0v) is 8.42. The Bertz CT molecular complexity index is 355. The normalized spacial score (nSPS) is 10.0. The first kappa shape index (κ1) is 11.5. The monoisotopic (exact) mass is 212 g/mol. The molecule has 0 saturated heterocycles. The Kier molecular flexibility index (Phi) is 4.05. The Hall–Kier alpha value is -1.62. The number of benzene rings is 1. The summed E-state index contributed by atoms with van der Waals surface area (Å²) < 4.78 is 17.6. The first-order valence-electron chi connectivity index (χ1n) is 4.47. The lowest BCUT2D eigenvalue weighted by Crippen LogP contribution is -2.27. The van der Waals surface area contributed by atoms with E-state index in [2.05, 4.69) is 5.32 Å². The first-order chi connectivity index (χ1) is 7.15. The molecule has 15 heavy (non-hydrogen) atoms. The summed E-state index contributed by atoms with van der Waals surface area (Å²) in [5, 5.41) is 2.60. The Morgan fingerprint density at radius 1 is 1.60 bits per heavy atom. The van der Waals surface area contributed by atoms with Gasteiger partial charge in [0.1, 0.15) is 5.82 Å². The highest BCUT2D eigenvalue weighted by Gasteiger charge is 2.06. The summed E-state index contributed by atoms with van der Waals surface area (Å²) in [6.07, 6.45) is 0. The maximum absolute atomic E-state index is 12.8. The van der Waals surface area contributed by atoms with E-state index >= 15 is 0 Å². The van der Waals surface area contributed by atoms with Gasteiger partial charge < -0.3 is 15.8 Å². The lowest BCUT2D eigenvalue weighted by molar-refractivity contribution is 0.0937. The highest BCUT2D eigenvalue weighted by Crippen LogP contribution is 2.11. The van der Waals surface area contributed by atoms with Crippen molar-refractivity contribution >= 4 is 11.6 Å². The van der Waals surface area contributed by atoms with Crippen LogP contribution in [0.1, 0.15) is 10.4 Å². The molecule has 0 heterocycles. The molecule has 0 unspecified atom stereocenters. The van der Waals surface area contributed by atoms with Gasteiger partial charge in [-0.05, 0) is 18.2 Å². The fourth-order valence-corrected chi connectivity index (χ4v) is 1.05. The lowest BCUT2D eigenvalue weighted by atomic mass is 10.2. The fourth-order valence-electron chi connectivity index (χ4n) is 1.05. The van der Waals surface area contributed by atoms with E-state index in [0.29, 0.717) is 18.7 Å². The van der Waals surface area contributed by atoms with Gasteiger partial charge in [-0.1, -0.05) is 0 Å². The van der Waals surface area contributed by atoms with E-state index < -0.39 is 5.82 Å². The van der Waals surface area contributed by atoms with E-state index in [1.54, 1.807) is 7.11 Å². The molecular weight excluding hydrogens is 199 g/mol. The molecule has 0 bridgehead atoms. The van der Waals surface area contributed by atoms with Crippen molar-refractivity contribution in [3.05, 3.63) is 29.6 Å². The molecule has 1 aromatic rings. The first-order valence-corrected chi connectivity index (χ1v) is 4.47. The predicted molar refractivity (Wildman–Crippen MR) is 55.0 cm³/mol. The Morgan fingerprint density at radius 2 is 2.33 bits per heavy atom. The number of rotatable bonds is 4. The van der Waals surface area contributed by atoms with Gasteiger partial charge in [0.2, 0.25) is 0 Å². The highest BCUT2D eigenvalue weighted by molar-refractivity contribution is 5.94. The van der Waals surface area contributed by atoms with Gasteiger partial charge in [0.25, 0.3) is 5.91 Å². The minimum atomic E-state index is -0.525. The van der Waals surface area contributed by atoms with Gasteiger partial charge in [0.15, 0.2) is 0 Å². The van der Waals surface area contributed by atoms with E-state index in [9.17, 15) is 9.18 Å². The van der Waals surface area contributed by atoms with Gasteiger partial charge in [0, 0.05) is 19.2 Å². The van der Waals surface area contributed by atoms with Crippen molar-refractivity contribution in [1.29, 1.82) is 0 Å². The van der Waals surface area contributed by atoms with Crippen LogP contribution in [0.5, 0.6) is 0 Å². The van der Waals surface area contributed by atoms with Crippen molar-refractivity contribution in [3.8, 4) is 0 Å². The lowest BCUT2D eigenvalue weighted by Gasteiger charge is -2.05. The van der Waals surface area contributed by atoms with Crippen LogP contribution in [0.3, 0.4) is 0 Å². The molecule has 0 saturated carbocycles. The predicted octanol–water partition coefficient (Wildman–Crippen LogP) is 0.784. The van der Waals surface area contributed by atoms with Gasteiger partial charge in [-0.2, -0.15) is 0 Å². The number of methoxy groups -OCH3 is 1. The molecule has 0 aliphatic carbocycles. The summed E-state index contributed by atoms with van der Waals surface area (Å²) in [5.74, 6) is -0.817. The molecule has 0 aliphatic rings. The molecule has 1 aromatic carbocycles. The summed E-state index contributed by atoms with van der Waals surface area (Å²) >= 11 is 0. The average molecular weight is 212 g/mol. The minimum absolute atomic E-state index is 0.0330. The van der Waals surface area contributed by atoms with Gasteiger partial charge in [-0.25, -0.2) is 4.39 Å². The van der Waals surface area contributed by atoms with Crippen molar-refractivity contribution in [2.45, 2.75) is 0 Å². The molecule has 0 spiro atoms. The second kappa shape index (κ2) is 5.31.